The van der Waals surface area contributed by atoms with Gasteiger partial charge >= 0.3 is 0 Å². The molecule has 0 unspecified atom stereocenters. The van der Waals surface area contributed by atoms with Crippen LogP contribution in [0.1, 0.15) is 35.5 Å². The monoisotopic (exact) mass is 272 g/mol. The first-order valence-electron chi connectivity index (χ1n) is 6.69. The quantitative estimate of drug-likeness (QED) is 0.869. The average molecular weight is 272 g/mol. The van der Waals surface area contributed by atoms with E-state index < -0.39 is 0 Å². The van der Waals surface area contributed by atoms with Gasteiger partial charge in [0.1, 0.15) is 5.76 Å². The van der Waals surface area contributed by atoms with Gasteiger partial charge in [-0.15, -0.1) is 0 Å². The Labute approximate surface area is 119 Å². The second-order valence-electron chi connectivity index (χ2n) is 5.12. The number of rotatable bonds is 4. The van der Waals surface area contributed by atoms with Crippen LogP contribution >= 0.6 is 0 Å². The minimum atomic E-state index is -0.0329. The minimum absolute atomic E-state index is 0.0329. The molecular weight excluding hydrogens is 252 g/mol. The normalized spacial score (nSPS) is 10.8. The molecule has 0 bridgehead atoms. The van der Waals surface area contributed by atoms with E-state index in [2.05, 4.69) is 0 Å². The van der Waals surface area contributed by atoms with Gasteiger partial charge in [0, 0.05) is 18.3 Å². The van der Waals surface area contributed by atoms with Crippen molar-refractivity contribution in [2.45, 2.75) is 33.4 Å². The number of hydrogen-bond acceptors (Lipinski definition) is 3. The summed E-state index contributed by atoms with van der Waals surface area (Å²) in [6.45, 7) is 6.27. The highest BCUT2D eigenvalue weighted by molar-refractivity contribution is 5.95. The molecule has 106 valence electrons. The van der Waals surface area contributed by atoms with Crippen LogP contribution in [0.3, 0.4) is 0 Å². The maximum Gasteiger partial charge on any atom is 0.257 e. The number of carbonyl (C=O) groups is 1. The number of nitrogen functional groups attached to an aromatic ring is 1. The second-order valence-corrected chi connectivity index (χ2v) is 5.12. The van der Waals surface area contributed by atoms with E-state index in [0.29, 0.717) is 23.6 Å². The standard InChI is InChI=1S/C16H20N2O2/c1-11(2)18(10-13-6-4-5-7-15(13)17)16(19)14-8-9-20-12(14)3/h4-9,11H,10,17H2,1-3H3. The number of benzene rings is 1. The number of aryl methyl sites for hydroxylation is 1. The van der Waals surface area contributed by atoms with Gasteiger partial charge in [-0.2, -0.15) is 0 Å². The van der Waals surface area contributed by atoms with Gasteiger partial charge in [0.25, 0.3) is 5.91 Å². The van der Waals surface area contributed by atoms with E-state index in [9.17, 15) is 4.79 Å². The van der Waals surface area contributed by atoms with E-state index >= 15 is 0 Å². The summed E-state index contributed by atoms with van der Waals surface area (Å²) in [6.07, 6.45) is 1.54. The number of amides is 1. The van der Waals surface area contributed by atoms with Crippen LogP contribution in [0.15, 0.2) is 41.0 Å². The van der Waals surface area contributed by atoms with Crippen molar-refractivity contribution >= 4 is 11.6 Å². The van der Waals surface area contributed by atoms with Crippen molar-refractivity contribution in [1.29, 1.82) is 0 Å². The molecule has 0 atom stereocenters. The van der Waals surface area contributed by atoms with Crippen LogP contribution in [0, 0.1) is 6.92 Å². The fourth-order valence-corrected chi connectivity index (χ4v) is 2.11. The Morgan fingerprint density at radius 1 is 1.30 bits per heavy atom. The fourth-order valence-electron chi connectivity index (χ4n) is 2.11. The zero-order valence-corrected chi connectivity index (χ0v) is 12.1. The Morgan fingerprint density at radius 2 is 2.00 bits per heavy atom. The third-order valence-corrected chi connectivity index (χ3v) is 3.37. The van der Waals surface area contributed by atoms with Crippen LogP contribution in [0.2, 0.25) is 0 Å². The SMILES string of the molecule is Cc1occc1C(=O)N(Cc1ccccc1N)C(C)C. The molecule has 1 amide bonds. The molecule has 2 N–H and O–H groups in total. The molecular formula is C16H20N2O2. The second kappa shape index (κ2) is 5.82. The topological polar surface area (TPSA) is 59.5 Å². The molecule has 0 fully saturated rings. The number of nitrogens with two attached hydrogens (primary N) is 1. The lowest BCUT2D eigenvalue weighted by atomic mass is 10.1. The number of nitrogens with zero attached hydrogens (tertiary/aromatic N) is 1. The summed E-state index contributed by atoms with van der Waals surface area (Å²) in [5, 5.41) is 0. The molecule has 2 aromatic rings. The van der Waals surface area contributed by atoms with Crippen LogP contribution in [0.5, 0.6) is 0 Å². The van der Waals surface area contributed by atoms with Gasteiger partial charge in [-0.3, -0.25) is 4.79 Å². The van der Waals surface area contributed by atoms with Gasteiger partial charge < -0.3 is 15.1 Å². The number of carbonyl (C=O) groups excluding carboxylic acids is 1. The molecule has 0 spiro atoms. The van der Waals surface area contributed by atoms with Crippen LogP contribution in [-0.2, 0) is 6.54 Å². The van der Waals surface area contributed by atoms with Gasteiger partial charge in [0.05, 0.1) is 11.8 Å². The maximum absolute atomic E-state index is 12.6. The van der Waals surface area contributed by atoms with Crippen molar-refractivity contribution in [3.8, 4) is 0 Å². The molecule has 2 rings (SSSR count). The van der Waals surface area contributed by atoms with Crippen molar-refractivity contribution in [2.24, 2.45) is 0 Å². The molecule has 1 aromatic heterocycles. The molecule has 0 aliphatic carbocycles. The van der Waals surface area contributed by atoms with Gasteiger partial charge in [0.2, 0.25) is 0 Å². The minimum Gasteiger partial charge on any atom is -0.469 e. The van der Waals surface area contributed by atoms with E-state index in [-0.39, 0.29) is 11.9 Å². The Morgan fingerprint density at radius 3 is 2.55 bits per heavy atom. The molecule has 4 heteroatoms. The third kappa shape index (κ3) is 2.85. The summed E-state index contributed by atoms with van der Waals surface area (Å²) in [6, 6.07) is 9.40. The molecule has 0 aliphatic rings. The molecule has 20 heavy (non-hydrogen) atoms. The van der Waals surface area contributed by atoms with Crippen LogP contribution in [0.4, 0.5) is 5.69 Å². The lowest BCUT2D eigenvalue weighted by Crippen LogP contribution is -2.36. The Bertz CT molecular complexity index is 602. The molecule has 0 radical (unpaired) electrons. The van der Waals surface area contributed by atoms with Crippen LogP contribution in [0.25, 0.3) is 0 Å². The first-order valence-corrected chi connectivity index (χ1v) is 6.69. The molecule has 1 heterocycles. The van der Waals surface area contributed by atoms with Gasteiger partial charge in [-0.1, -0.05) is 18.2 Å². The Hall–Kier alpha value is -2.23. The average Bonchev–Trinajstić information content (AvgIpc) is 2.83. The molecule has 1 aromatic carbocycles. The number of furan rings is 1. The van der Waals surface area contributed by atoms with Crippen molar-refractivity contribution in [1.82, 2.24) is 4.90 Å². The lowest BCUT2D eigenvalue weighted by Gasteiger charge is -2.27. The lowest BCUT2D eigenvalue weighted by molar-refractivity contribution is 0.0689. The summed E-state index contributed by atoms with van der Waals surface area (Å²) < 4.78 is 5.22. The number of hydrogen-bond donors (Lipinski definition) is 1. The van der Waals surface area contributed by atoms with E-state index in [1.807, 2.05) is 38.1 Å². The maximum atomic E-state index is 12.6. The van der Waals surface area contributed by atoms with Crippen LogP contribution in [-0.4, -0.2) is 16.8 Å². The van der Waals surface area contributed by atoms with Crippen molar-refractivity contribution in [3.05, 3.63) is 53.5 Å². The third-order valence-electron chi connectivity index (χ3n) is 3.37. The predicted molar refractivity (Wildman–Crippen MR) is 79.3 cm³/mol. The van der Waals surface area contributed by atoms with Gasteiger partial charge in [0.15, 0.2) is 0 Å². The largest absolute Gasteiger partial charge is 0.469 e. The van der Waals surface area contributed by atoms with Crippen molar-refractivity contribution in [3.63, 3.8) is 0 Å². The number of anilines is 1. The molecule has 4 nitrogen and oxygen atoms in total. The van der Waals surface area contributed by atoms with E-state index in [1.54, 1.807) is 17.9 Å². The first-order chi connectivity index (χ1) is 9.50. The summed E-state index contributed by atoms with van der Waals surface area (Å²) in [5.74, 6) is 0.608. The zero-order chi connectivity index (χ0) is 14.7. The van der Waals surface area contributed by atoms with E-state index in [0.717, 1.165) is 5.56 Å². The summed E-state index contributed by atoms with van der Waals surface area (Å²) in [7, 11) is 0. The smallest absolute Gasteiger partial charge is 0.257 e. The summed E-state index contributed by atoms with van der Waals surface area (Å²) >= 11 is 0. The Kier molecular flexibility index (Phi) is 4.13. The highest BCUT2D eigenvalue weighted by Crippen LogP contribution is 2.19. The van der Waals surface area contributed by atoms with Crippen LogP contribution < -0.4 is 5.73 Å². The molecule has 0 aliphatic heterocycles. The zero-order valence-electron chi connectivity index (χ0n) is 12.1. The summed E-state index contributed by atoms with van der Waals surface area (Å²) in [4.78, 5) is 14.4. The van der Waals surface area contributed by atoms with Crippen molar-refractivity contribution < 1.29 is 9.21 Å². The number of para-hydroxylation sites is 1. The fraction of sp³-hybridized carbons (Fsp3) is 0.312. The van der Waals surface area contributed by atoms with Gasteiger partial charge in [-0.05, 0) is 38.5 Å². The van der Waals surface area contributed by atoms with Gasteiger partial charge in [-0.25, -0.2) is 0 Å². The molecule has 0 saturated heterocycles. The predicted octanol–water partition coefficient (Wildman–Crippen LogP) is 3.22. The highest BCUT2D eigenvalue weighted by Gasteiger charge is 2.22. The highest BCUT2D eigenvalue weighted by atomic mass is 16.3. The summed E-state index contributed by atoms with van der Waals surface area (Å²) in [5.41, 5.74) is 8.22. The van der Waals surface area contributed by atoms with E-state index in [1.165, 1.54) is 6.26 Å². The van der Waals surface area contributed by atoms with E-state index in [4.69, 9.17) is 10.2 Å². The first kappa shape index (κ1) is 14.2. The molecule has 0 saturated carbocycles. The van der Waals surface area contributed by atoms with Crippen molar-refractivity contribution in [2.75, 3.05) is 5.73 Å². The Balaban J connectivity index is 2.27.